The summed E-state index contributed by atoms with van der Waals surface area (Å²) in [6.07, 6.45) is 1.42. The Kier molecular flexibility index (Phi) is 3.13. The molecule has 2 rings (SSSR count). The zero-order valence-electron chi connectivity index (χ0n) is 9.94. The molecule has 1 heterocycles. The summed E-state index contributed by atoms with van der Waals surface area (Å²) in [6, 6.07) is 5.48. The molecule has 0 aliphatic carbocycles. The van der Waals surface area contributed by atoms with E-state index in [4.69, 9.17) is 27.3 Å². The first-order valence-corrected chi connectivity index (χ1v) is 5.54. The van der Waals surface area contributed by atoms with Crippen LogP contribution in [0.2, 0.25) is 5.02 Å². The minimum Gasteiger partial charge on any atom is -0.494 e. The van der Waals surface area contributed by atoms with E-state index in [0.717, 1.165) is 5.56 Å². The van der Waals surface area contributed by atoms with E-state index in [2.05, 4.69) is 5.10 Å². The van der Waals surface area contributed by atoms with Gasteiger partial charge in [0.25, 0.3) is 0 Å². The molecule has 92 valence electrons. The van der Waals surface area contributed by atoms with Gasteiger partial charge in [-0.05, 0) is 18.6 Å². The van der Waals surface area contributed by atoms with Crippen LogP contribution in [-0.2, 0) is 0 Å². The van der Waals surface area contributed by atoms with Gasteiger partial charge in [0, 0.05) is 11.1 Å². The quantitative estimate of drug-likeness (QED) is 0.901. The van der Waals surface area contributed by atoms with Gasteiger partial charge in [0.05, 0.1) is 13.3 Å². The predicted molar refractivity (Wildman–Crippen MR) is 69.0 cm³/mol. The molecule has 5 nitrogen and oxygen atoms in total. The summed E-state index contributed by atoms with van der Waals surface area (Å²) in [5, 5.41) is 13.5. The molecule has 0 aliphatic rings. The maximum Gasteiger partial charge on any atom is 0.146 e. The second-order valence-corrected chi connectivity index (χ2v) is 4.15. The molecule has 0 bridgehead atoms. The third-order valence-electron chi connectivity index (χ3n) is 2.62. The first kappa shape index (κ1) is 12.3. The van der Waals surface area contributed by atoms with Gasteiger partial charge < -0.3 is 10.5 Å². The number of methoxy groups -OCH3 is 1. The monoisotopic (exact) mass is 262 g/mol. The Morgan fingerprint density at radius 3 is 2.78 bits per heavy atom. The SMILES string of the molecule is COc1cc(Cl)c(C)cc1-n1ncc(C#N)c1N. The van der Waals surface area contributed by atoms with Crippen molar-refractivity contribution in [3.63, 3.8) is 0 Å². The number of benzene rings is 1. The molecule has 1 aromatic heterocycles. The van der Waals surface area contributed by atoms with Crippen molar-refractivity contribution in [2.75, 3.05) is 12.8 Å². The van der Waals surface area contributed by atoms with E-state index in [1.165, 1.54) is 18.0 Å². The number of halogens is 1. The molecule has 0 saturated carbocycles. The molecule has 0 radical (unpaired) electrons. The third kappa shape index (κ3) is 1.87. The fourth-order valence-electron chi connectivity index (χ4n) is 1.61. The standard InChI is InChI=1S/C12H11ClN4O/c1-7-3-10(11(18-2)4-9(7)13)17-12(15)8(5-14)6-16-17/h3-4,6H,15H2,1-2H3. The topological polar surface area (TPSA) is 76.9 Å². The number of rotatable bonds is 2. The normalized spacial score (nSPS) is 10.1. The van der Waals surface area contributed by atoms with Crippen LogP contribution in [0.4, 0.5) is 5.82 Å². The average Bonchev–Trinajstić information content (AvgIpc) is 2.73. The number of hydrogen-bond acceptors (Lipinski definition) is 4. The van der Waals surface area contributed by atoms with Crippen molar-refractivity contribution >= 4 is 17.4 Å². The van der Waals surface area contributed by atoms with Crippen LogP contribution in [0.15, 0.2) is 18.3 Å². The van der Waals surface area contributed by atoms with Crippen molar-refractivity contribution < 1.29 is 4.74 Å². The highest BCUT2D eigenvalue weighted by atomic mass is 35.5. The van der Waals surface area contributed by atoms with E-state index in [1.54, 1.807) is 6.07 Å². The second kappa shape index (κ2) is 4.59. The summed E-state index contributed by atoms with van der Waals surface area (Å²) in [7, 11) is 1.54. The molecule has 0 saturated heterocycles. The molecule has 0 fully saturated rings. The first-order chi connectivity index (χ1) is 8.58. The van der Waals surface area contributed by atoms with Crippen LogP contribution in [-0.4, -0.2) is 16.9 Å². The van der Waals surface area contributed by atoms with Crippen LogP contribution < -0.4 is 10.5 Å². The molecule has 0 atom stereocenters. The molecule has 18 heavy (non-hydrogen) atoms. The van der Waals surface area contributed by atoms with Crippen molar-refractivity contribution in [3.8, 4) is 17.5 Å². The molecule has 0 amide bonds. The summed E-state index contributed by atoms with van der Waals surface area (Å²) < 4.78 is 6.71. The van der Waals surface area contributed by atoms with Gasteiger partial charge in [-0.25, -0.2) is 4.68 Å². The Balaban J connectivity index is 2.67. The van der Waals surface area contributed by atoms with Crippen LogP contribution >= 0.6 is 11.6 Å². The minimum atomic E-state index is 0.275. The number of nitrogens with zero attached hydrogens (tertiary/aromatic N) is 3. The van der Waals surface area contributed by atoms with E-state index in [1.807, 2.05) is 19.1 Å². The smallest absolute Gasteiger partial charge is 0.146 e. The second-order valence-electron chi connectivity index (χ2n) is 3.74. The molecular weight excluding hydrogens is 252 g/mol. The zero-order chi connectivity index (χ0) is 13.3. The fourth-order valence-corrected chi connectivity index (χ4v) is 1.77. The number of aromatic nitrogens is 2. The number of nitrogen functional groups attached to an aromatic ring is 1. The van der Waals surface area contributed by atoms with Gasteiger partial charge in [0.15, 0.2) is 0 Å². The predicted octanol–water partition coefficient (Wildman–Crippen LogP) is 2.30. The van der Waals surface area contributed by atoms with Gasteiger partial charge in [-0.15, -0.1) is 0 Å². The zero-order valence-corrected chi connectivity index (χ0v) is 10.7. The number of nitriles is 1. The number of ether oxygens (including phenoxy) is 1. The molecule has 2 aromatic rings. The van der Waals surface area contributed by atoms with Crippen LogP contribution in [0.1, 0.15) is 11.1 Å². The summed E-state index contributed by atoms with van der Waals surface area (Å²) in [5.41, 5.74) is 7.70. The molecule has 6 heteroatoms. The lowest BCUT2D eigenvalue weighted by Gasteiger charge is -2.12. The Labute approximate surface area is 109 Å². The lowest BCUT2D eigenvalue weighted by molar-refractivity contribution is 0.412. The number of aryl methyl sites for hydroxylation is 1. The Morgan fingerprint density at radius 2 is 2.22 bits per heavy atom. The highest BCUT2D eigenvalue weighted by Crippen LogP contribution is 2.31. The molecule has 0 spiro atoms. The van der Waals surface area contributed by atoms with Crippen molar-refractivity contribution in [1.82, 2.24) is 9.78 Å². The van der Waals surface area contributed by atoms with Crippen molar-refractivity contribution in [1.29, 1.82) is 5.26 Å². The minimum absolute atomic E-state index is 0.275. The fraction of sp³-hybridized carbons (Fsp3) is 0.167. The summed E-state index contributed by atoms with van der Waals surface area (Å²) in [5.74, 6) is 0.822. The molecule has 0 aliphatic heterocycles. The number of anilines is 1. The van der Waals surface area contributed by atoms with Crippen LogP contribution in [0.3, 0.4) is 0 Å². The summed E-state index contributed by atoms with van der Waals surface area (Å²) >= 11 is 6.03. The molecular formula is C12H11ClN4O. The Hall–Kier alpha value is -2.19. The van der Waals surface area contributed by atoms with E-state index >= 15 is 0 Å². The highest BCUT2D eigenvalue weighted by molar-refractivity contribution is 6.31. The van der Waals surface area contributed by atoms with E-state index in [-0.39, 0.29) is 5.82 Å². The van der Waals surface area contributed by atoms with Crippen LogP contribution in [0.5, 0.6) is 5.75 Å². The number of nitrogens with two attached hydrogens (primary N) is 1. The van der Waals surface area contributed by atoms with E-state index in [9.17, 15) is 0 Å². The Morgan fingerprint density at radius 1 is 1.50 bits per heavy atom. The Bertz CT molecular complexity index is 642. The lowest BCUT2D eigenvalue weighted by Crippen LogP contribution is -2.05. The maximum atomic E-state index is 8.87. The average molecular weight is 263 g/mol. The highest BCUT2D eigenvalue weighted by Gasteiger charge is 2.14. The molecule has 1 aromatic carbocycles. The van der Waals surface area contributed by atoms with Crippen molar-refractivity contribution in [2.24, 2.45) is 0 Å². The van der Waals surface area contributed by atoms with E-state index < -0.39 is 0 Å². The lowest BCUT2D eigenvalue weighted by atomic mass is 10.2. The molecule has 2 N–H and O–H groups in total. The largest absolute Gasteiger partial charge is 0.494 e. The van der Waals surface area contributed by atoms with E-state index in [0.29, 0.717) is 22.0 Å². The number of hydrogen-bond donors (Lipinski definition) is 1. The van der Waals surface area contributed by atoms with Crippen LogP contribution in [0.25, 0.3) is 5.69 Å². The van der Waals surface area contributed by atoms with Crippen molar-refractivity contribution in [3.05, 3.63) is 34.5 Å². The maximum absolute atomic E-state index is 8.87. The van der Waals surface area contributed by atoms with Gasteiger partial charge >= 0.3 is 0 Å². The van der Waals surface area contributed by atoms with Gasteiger partial charge in [-0.2, -0.15) is 10.4 Å². The summed E-state index contributed by atoms with van der Waals surface area (Å²) in [6.45, 7) is 1.87. The van der Waals surface area contributed by atoms with Gasteiger partial charge in [0.1, 0.15) is 28.9 Å². The van der Waals surface area contributed by atoms with Gasteiger partial charge in [-0.3, -0.25) is 0 Å². The van der Waals surface area contributed by atoms with Gasteiger partial charge in [-0.1, -0.05) is 11.6 Å². The van der Waals surface area contributed by atoms with Crippen molar-refractivity contribution in [2.45, 2.75) is 6.92 Å². The van der Waals surface area contributed by atoms with Gasteiger partial charge in [0.2, 0.25) is 0 Å². The summed E-state index contributed by atoms with van der Waals surface area (Å²) in [4.78, 5) is 0. The first-order valence-electron chi connectivity index (χ1n) is 5.16. The van der Waals surface area contributed by atoms with Crippen LogP contribution in [0, 0.1) is 18.3 Å². The third-order valence-corrected chi connectivity index (χ3v) is 3.02. The molecule has 0 unspecified atom stereocenters.